The number of fused-ring (bicyclic) bond motifs is 1. The summed E-state index contributed by atoms with van der Waals surface area (Å²) in [4.78, 5) is 13.5. The van der Waals surface area contributed by atoms with E-state index in [1.54, 1.807) is 4.90 Å². The summed E-state index contributed by atoms with van der Waals surface area (Å²) in [6.45, 7) is 3.30. The van der Waals surface area contributed by atoms with Crippen molar-refractivity contribution in [2.45, 2.75) is 32.0 Å². The summed E-state index contributed by atoms with van der Waals surface area (Å²) in [5, 5.41) is 0. The van der Waals surface area contributed by atoms with Crippen LogP contribution < -0.4 is 0 Å². The van der Waals surface area contributed by atoms with Crippen LogP contribution in [0.5, 0.6) is 0 Å². The van der Waals surface area contributed by atoms with Gasteiger partial charge in [0.05, 0.1) is 12.2 Å². The predicted octanol–water partition coefficient (Wildman–Crippen LogP) is 0.0569. The molecule has 0 aliphatic carbocycles. The van der Waals surface area contributed by atoms with Crippen LogP contribution in [-0.4, -0.2) is 56.5 Å². The van der Waals surface area contributed by atoms with Gasteiger partial charge in [0.25, 0.3) is 0 Å². The van der Waals surface area contributed by atoms with Gasteiger partial charge in [-0.05, 0) is 19.8 Å². The van der Waals surface area contributed by atoms with Crippen molar-refractivity contribution < 1.29 is 17.9 Å². The summed E-state index contributed by atoms with van der Waals surface area (Å²) in [6.07, 6.45) is 3.40. The molecule has 0 radical (unpaired) electrons. The number of ether oxygens (including phenoxy) is 1. The molecule has 0 saturated carbocycles. The first-order chi connectivity index (χ1) is 7.85. The molecule has 2 fully saturated rings. The Morgan fingerprint density at radius 2 is 2.18 bits per heavy atom. The van der Waals surface area contributed by atoms with E-state index in [1.807, 2.05) is 6.92 Å². The molecule has 5 nitrogen and oxygen atoms in total. The summed E-state index contributed by atoms with van der Waals surface area (Å²) in [5.41, 5.74) is 0. The van der Waals surface area contributed by atoms with Crippen LogP contribution in [-0.2, 0) is 19.4 Å². The molecule has 98 valence electrons. The number of piperidine rings is 1. The fourth-order valence-electron chi connectivity index (χ4n) is 2.74. The lowest BCUT2D eigenvalue weighted by atomic mass is 9.93. The molecule has 0 spiro atoms. The molecule has 1 amide bonds. The molecule has 2 saturated heterocycles. The SMILES string of the molecule is C[C@@H]1C[C@@H]2CN(C(=O)CS(C)(=O)=O)CC[C@H]2O1. The van der Waals surface area contributed by atoms with Crippen molar-refractivity contribution in [3.8, 4) is 0 Å². The van der Waals surface area contributed by atoms with Crippen LogP contribution in [0.4, 0.5) is 0 Å². The molecule has 0 unspecified atom stereocenters. The highest BCUT2D eigenvalue weighted by Gasteiger charge is 2.38. The predicted molar refractivity (Wildman–Crippen MR) is 63.3 cm³/mol. The highest BCUT2D eigenvalue weighted by molar-refractivity contribution is 7.91. The van der Waals surface area contributed by atoms with E-state index in [2.05, 4.69) is 0 Å². The van der Waals surface area contributed by atoms with Crippen molar-refractivity contribution >= 4 is 15.7 Å². The first-order valence-electron chi connectivity index (χ1n) is 5.96. The van der Waals surface area contributed by atoms with Crippen LogP contribution in [0.15, 0.2) is 0 Å². The molecule has 0 aromatic carbocycles. The number of likely N-dealkylation sites (tertiary alicyclic amines) is 1. The number of nitrogens with zero attached hydrogens (tertiary/aromatic N) is 1. The lowest BCUT2D eigenvalue weighted by molar-refractivity contribution is -0.131. The molecular weight excluding hydrogens is 242 g/mol. The largest absolute Gasteiger partial charge is 0.375 e. The van der Waals surface area contributed by atoms with Crippen LogP contribution >= 0.6 is 0 Å². The van der Waals surface area contributed by atoms with E-state index < -0.39 is 9.84 Å². The average Bonchev–Trinajstić information content (AvgIpc) is 2.53. The third kappa shape index (κ3) is 3.19. The Morgan fingerprint density at radius 3 is 2.82 bits per heavy atom. The number of carbonyl (C=O) groups is 1. The van der Waals surface area contributed by atoms with Crippen molar-refractivity contribution in [1.82, 2.24) is 4.90 Å². The first-order valence-corrected chi connectivity index (χ1v) is 8.02. The van der Waals surface area contributed by atoms with Crippen LogP contribution in [0.1, 0.15) is 19.8 Å². The molecule has 0 aromatic heterocycles. The Labute approximate surface area is 102 Å². The minimum absolute atomic E-state index is 0.257. The van der Waals surface area contributed by atoms with Crippen LogP contribution in [0, 0.1) is 5.92 Å². The maximum atomic E-state index is 11.8. The zero-order valence-electron chi connectivity index (χ0n) is 10.3. The highest BCUT2D eigenvalue weighted by atomic mass is 32.2. The highest BCUT2D eigenvalue weighted by Crippen LogP contribution is 2.32. The fourth-order valence-corrected chi connectivity index (χ4v) is 3.37. The van der Waals surface area contributed by atoms with Gasteiger partial charge < -0.3 is 9.64 Å². The van der Waals surface area contributed by atoms with Gasteiger partial charge in [0.2, 0.25) is 5.91 Å². The number of sulfone groups is 1. The number of amides is 1. The van der Waals surface area contributed by atoms with E-state index in [9.17, 15) is 13.2 Å². The van der Waals surface area contributed by atoms with E-state index in [0.717, 1.165) is 19.1 Å². The van der Waals surface area contributed by atoms with E-state index >= 15 is 0 Å². The van der Waals surface area contributed by atoms with Crippen molar-refractivity contribution in [2.75, 3.05) is 25.1 Å². The van der Waals surface area contributed by atoms with E-state index in [-0.39, 0.29) is 23.9 Å². The molecule has 2 heterocycles. The normalized spacial score (nSPS) is 33.5. The van der Waals surface area contributed by atoms with Gasteiger partial charge >= 0.3 is 0 Å². The number of carbonyl (C=O) groups excluding carboxylic acids is 1. The number of rotatable bonds is 2. The third-order valence-corrected chi connectivity index (χ3v) is 4.22. The Hall–Kier alpha value is -0.620. The van der Waals surface area contributed by atoms with E-state index in [0.29, 0.717) is 19.0 Å². The van der Waals surface area contributed by atoms with Crippen molar-refractivity contribution in [1.29, 1.82) is 0 Å². The molecular formula is C11H19NO4S. The molecule has 0 N–H and O–H groups in total. The van der Waals surface area contributed by atoms with Gasteiger partial charge in [0, 0.05) is 25.3 Å². The van der Waals surface area contributed by atoms with Gasteiger partial charge in [0.15, 0.2) is 9.84 Å². The van der Waals surface area contributed by atoms with E-state index in [4.69, 9.17) is 4.74 Å². The van der Waals surface area contributed by atoms with Crippen LogP contribution in [0.25, 0.3) is 0 Å². The summed E-state index contributed by atoms with van der Waals surface area (Å²) in [7, 11) is -3.23. The second kappa shape index (κ2) is 4.57. The lowest BCUT2D eigenvalue weighted by Gasteiger charge is -2.34. The Kier molecular flexibility index (Phi) is 3.45. The monoisotopic (exact) mass is 261 g/mol. The quantitative estimate of drug-likeness (QED) is 0.705. The van der Waals surface area contributed by atoms with Crippen molar-refractivity contribution in [2.24, 2.45) is 5.92 Å². The molecule has 2 aliphatic heterocycles. The second-order valence-electron chi connectivity index (χ2n) is 5.18. The van der Waals surface area contributed by atoms with Gasteiger partial charge in [-0.15, -0.1) is 0 Å². The number of hydrogen-bond acceptors (Lipinski definition) is 4. The summed E-state index contributed by atoms with van der Waals surface area (Å²) < 4.78 is 27.9. The third-order valence-electron chi connectivity index (χ3n) is 3.44. The first kappa shape index (κ1) is 12.8. The molecule has 6 heteroatoms. The fraction of sp³-hybridized carbons (Fsp3) is 0.909. The maximum Gasteiger partial charge on any atom is 0.237 e. The van der Waals surface area contributed by atoms with E-state index in [1.165, 1.54) is 0 Å². The van der Waals surface area contributed by atoms with Gasteiger partial charge in [0.1, 0.15) is 5.75 Å². The smallest absolute Gasteiger partial charge is 0.237 e. The maximum absolute atomic E-state index is 11.8. The molecule has 2 aliphatic rings. The number of hydrogen-bond donors (Lipinski definition) is 0. The Bertz CT molecular complexity index is 406. The zero-order valence-corrected chi connectivity index (χ0v) is 11.1. The minimum Gasteiger partial charge on any atom is -0.375 e. The second-order valence-corrected chi connectivity index (χ2v) is 7.32. The summed E-state index contributed by atoms with van der Waals surface area (Å²) in [6, 6.07) is 0. The van der Waals surface area contributed by atoms with Crippen LogP contribution in [0.2, 0.25) is 0 Å². The average molecular weight is 261 g/mol. The molecule has 0 aromatic rings. The minimum atomic E-state index is -3.23. The Morgan fingerprint density at radius 1 is 1.47 bits per heavy atom. The van der Waals surface area contributed by atoms with Gasteiger partial charge in [-0.3, -0.25) is 4.79 Å². The van der Waals surface area contributed by atoms with Crippen molar-refractivity contribution in [3.63, 3.8) is 0 Å². The summed E-state index contributed by atoms with van der Waals surface area (Å²) in [5.74, 6) is -0.270. The van der Waals surface area contributed by atoms with Gasteiger partial charge in [-0.2, -0.15) is 0 Å². The molecule has 3 atom stereocenters. The van der Waals surface area contributed by atoms with Crippen molar-refractivity contribution in [3.05, 3.63) is 0 Å². The topological polar surface area (TPSA) is 63.7 Å². The summed E-state index contributed by atoms with van der Waals surface area (Å²) >= 11 is 0. The van der Waals surface area contributed by atoms with Gasteiger partial charge in [-0.25, -0.2) is 8.42 Å². The lowest BCUT2D eigenvalue weighted by Crippen LogP contribution is -2.46. The Balaban J connectivity index is 1.94. The molecule has 17 heavy (non-hydrogen) atoms. The molecule has 2 rings (SSSR count). The van der Waals surface area contributed by atoms with Gasteiger partial charge in [-0.1, -0.05) is 0 Å². The zero-order chi connectivity index (χ0) is 12.6. The van der Waals surface area contributed by atoms with Crippen LogP contribution in [0.3, 0.4) is 0 Å². The molecule has 0 bridgehead atoms. The standard InChI is InChI=1S/C11H19NO4S/c1-8-5-9-6-12(4-3-10(9)16-8)11(13)7-17(2,14)15/h8-10H,3-7H2,1-2H3/t8-,9-,10-/m1/s1.